The Kier molecular flexibility index (Phi) is 5.65. The molecule has 0 fully saturated rings. The van der Waals surface area contributed by atoms with E-state index in [-0.39, 0.29) is 11.7 Å². The molecule has 32 heavy (non-hydrogen) atoms. The highest BCUT2D eigenvalue weighted by molar-refractivity contribution is 6.03. The normalized spacial score (nSPS) is 18.8. The lowest BCUT2D eigenvalue weighted by molar-refractivity contribution is -0.118. The summed E-state index contributed by atoms with van der Waals surface area (Å²) in [7, 11) is 0. The Hall–Kier alpha value is -3.20. The average Bonchev–Trinajstić information content (AvgIpc) is 3.54. The van der Waals surface area contributed by atoms with E-state index >= 15 is 0 Å². The molecule has 2 atom stereocenters. The van der Waals surface area contributed by atoms with Gasteiger partial charge in [0.05, 0.1) is 12.0 Å². The number of benzene rings is 2. The lowest BCUT2D eigenvalue weighted by Gasteiger charge is -2.14. The average molecular weight is 424 g/mol. The predicted octanol–water partition coefficient (Wildman–Crippen LogP) is 7.11. The number of fused-ring (bicyclic) bond motifs is 3. The number of nitrogens with zero attached hydrogens (tertiary/aromatic N) is 1. The summed E-state index contributed by atoms with van der Waals surface area (Å²) in [6.07, 6.45) is 7.48. The van der Waals surface area contributed by atoms with E-state index in [1.807, 2.05) is 18.3 Å². The number of rotatable bonds is 8. The summed E-state index contributed by atoms with van der Waals surface area (Å²) in [5.41, 5.74) is 8.78. The maximum Gasteiger partial charge on any atom is 0.148 e. The van der Waals surface area contributed by atoms with E-state index in [1.165, 1.54) is 27.8 Å². The standard InChI is InChI=1S/C29H29NO2/c1-3-22-20(18-30-29(22)28-10-7-15-32-28)12-13-21(31)16-19-11-14-26-23(4-2)24-8-5-6-9-25(24)27(26)17-19/h5-11,14-15,17-18,22-23H,3-4,12-13,16H2,1-2H3. The van der Waals surface area contributed by atoms with E-state index in [2.05, 4.69) is 61.3 Å². The Morgan fingerprint density at radius 2 is 1.75 bits per heavy atom. The van der Waals surface area contributed by atoms with Crippen LogP contribution in [0.3, 0.4) is 0 Å². The van der Waals surface area contributed by atoms with Gasteiger partial charge in [0, 0.05) is 30.9 Å². The van der Waals surface area contributed by atoms with Gasteiger partial charge >= 0.3 is 0 Å². The Morgan fingerprint density at radius 1 is 0.938 bits per heavy atom. The maximum absolute atomic E-state index is 12.9. The second-order valence-electron chi connectivity index (χ2n) is 8.84. The molecular weight excluding hydrogens is 394 g/mol. The molecule has 162 valence electrons. The van der Waals surface area contributed by atoms with Crippen LogP contribution in [0.15, 0.2) is 82.0 Å². The molecule has 0 saturated carbocycles. The zero-order valence-electron chi connectivity index (χ0n) is 18.8. The molecule has 0 spiro atoms. The largest absolute Gasteiger partial charge is 0.463 e. The second kappa shape index (κ2) is 8.74. The lowest BCUT2D eigenvalue weighted by atomic mass is 9.88. The van der Waals surface area contributed by atoms with Gasteiger partial charge < -0.3 is 4.42 Å². The molecule has 3 heteroatoms. The molecule has 0 saturated heterocycles. The number of carbonyl (C=O) groups is 1. The number of allylic oxidation sites excluding steroid dienone is 1. The van der Waals surface area contributed by atoms with Crippen LogP contribution in [0.2, 0.25) is 0 Å². The Labute approximate surface area is 189 Å². The fourth-order valence-corrected chi connectivity index (χ4v) is 5.37. The van der Waals surface area contributed by atoms with E-state index in [0.29, 0.717) is 18.8 Å². The maximum atomic E-state index is 12.9. The van der Waals surface area contributed by atoms with E-state index in [9.17, 15) is 4.79 Å². The minimum atomic E-state index is 0.247. The fraction of sp³-hybridized carbons (Fsp3) is 0.310. The van der Waals surface area contributed by atoms with Crippen molar-refractivity contribution in [3.8, 4) is 11.1 Å². The Bertz CT molecular complexity index is 1200. The molecule has 5 rings (SSSR count). The molecule has 1 aromatic heterocycles. The molecule has 2 heterocycles. The quantitative estimate of drug-likeness (QED) is 0.387. The zero-order valence-corrected chi connectivity index (χ0v) is 18.8. The molecule has 0 amide bonds. The van der Waals surface area contributed by atoms with Crippen molar-refractivity contribution in [2.45, 2.75) is 51.9 Å². The first-order chi connectivity index (χ1) is 15.7. The molecule has 0 bridgehead atoms. The molecule has 1 aliphatic heterocycles. The number of hydrogen-bond donors (Lipinski definition) is 0. The van der Waals surface area contributed by atoms with Crippen molar-refractivity contribution in [3.05, 3.63) is 95.1 Å². The monoisotopic (exact) mass is 423 g/mol. The van der Waals surface area contributed by atoms with Crippen LogP contribution in [0.4, 0.5) is 0 Å². The van der Waals surface area contributed by atoms with Crippen LogP contribution in [-0.2, 0) is 11.2 Å². The summed E-state index contributed by atoms with van der Waals surface area (Å²) in [6.45, 7) is 4.41. The third-order valence-corrected chi connectivity index (χ3v) is 6.95. The van der Waals surface area contributed by atoms with Crippen molar-refractivity contribution in [2.75, 3.05) is 0 Å². The second-order valence-corrected chi connectivity index (χ2v) is 8.84. The molecule has 3 nitrogen and oxygen atoms in total. The molecule has 2 aromatic carbocycles. The van der Waals surface area contributed by atoms with Gasteiger partial charge in [-0.25, -0.2) is 0 Å². The summed E-state index contributed by atoms with van der Waals surface area (Å²) in [4.78, 5) is 17.5. The molecule has 0 radical (unpaired) electrons. The van der Waals surface area contributed by atoms with Gasteiger partial charge in [-0.15, -0.1) is 0 Å². The molecular formula is C29H29NO2. The Morgan fingerprint density at radius 3 is 2.53 bits per heavy atom. The van der Waals surface area contributed by atoms with Crippen LogP contribution < -0.4 is 0 Å². The third-order valence-electron chi connectivity index (χ3n) is 6.95. The molecule has 0 N–H and O–H groups in total. The van der Waals surface area contributed by atoms with Crippen molar-refractivity contribution < 1.29 is 9.21 Å². The van der Waals surface area contributed by atoms with Crippen molar-refractivity contribution in [1.29, 1.82) is 0 Å². The smallest absolute Gasteiger partial charge is 0.148 e. The van der Waals surface area contributed by atoms with E-state index in [1.54, 1.807) is 6.26 Å². The van der Waals surface area contributed by atoms with E-state index < -0.39 is 0 Å². The highest BCUT2D eigenvalue weighted by atomic mass is 16.3. The SMILES string of the molecule is CCC1C(CCC(=O)Cc2ccc3c(c2)-c2ccccc2C3CC)=CN=C1c1ccco1. The van der Waals surface area contributed by atoms with Gasteiger partial charge in [0.25, 0.3) is 0 Å². The van der Waals surface area contributed by atoms with Crippen LogP contribution in [0, 0.1) is 5.92 Å². The molecule has 2 unspecified atom stereocenters. The van der Waals surface area contributed by atoms with Gasteiger partial charge in [-0.1, -0.05) is 56.3 Å². The number of Topliss-reactive ketones (excluding diaryl/α,β-unsaturated/α-hetero) is 1. The van der Waals surface area contributed by atoms with Crippen LogP contribution in [0.25, 0.3) is 11.1 Å². The van der Waals surface area contributed by atoms with Crippen molar-refractivity contribution in [2.24, 2.45) is 10.9 Å². The highest BCUT2D eigenvalue weighted by Crippen LogP contribution is 2.46. The van der Waals surface area contributed by atoms with Crippen LogP contribution in [-0.4, -0.2) is 11.5 Å². The minimum absolute atomic E-state index is 0.247. The zero-order chi connectivity index (χ0) is 22.1. The summed E-state index contributed by atoms with van der Waals surface area (Å²) in [6, 6.07) is 19.2. The molecule has 2 aliphatic rings. The number of hydrogen-bond acceptors (Lipinski definition) is 3. The fourth-order valence-electron chi connectivity index (χ4n) is 5.37. The number of ketones is 1. The van der Waals surface area contributed by atoms with Crippen molar-refractivity contribution in [1.82, 2.24) is 0 Å². The summed E-state index contributed by atoms with van der Waals surface area (Å²) in [5, 5.41) is 0. The number of furan rings is 1. The van der Waals surface area contributed by atoms with Crippen molar-refractivity contribution in [3.63, 3.8) is 0 Å². The van der Waals surface area contributed by atoms with Crippen molar-refractivity contribution >= 4 is 11.5 Å². The molecule has 1 aliphatic carbocycles. The third kappa shape index (κ3) is 3.66. The summed E-state index contributed by atoms with van der Waals surface area (Å²) < 4.78 is 5.55. The van der Waals surface area contributed by atoms with Gasteiger partial charge in [0.2, 0.25) is 0 Å². The topological polar surface area (TPSA) is 42.6 Å². The minimum Gasteiger partial charge on any atom is -0.463 e. The van der Waals surface area contributed by atoms with E-state index in [0.717, 1.165) is 36.3 Å². The number of aliphatic imine (C=N–C) groups is 1. The van der Waals surface area contributed by atoms with Gasteiger partial charge in [0.1, 0.15) is 11.5 Å². The van der Waals surface area contributed by atoms with Crippen LogP contribution >= 0.6 is 0 Å². The first kappa shape index (κ1) is 20.7. The van der Waals surface area contributed by atoms with Gasteiger partial charge in [-0.2, -0.15) is 0 Å². The Balaban J connectivity index is 1.25. The first-order valence-electron chi connectivity index (χ1n) is 11.7. The number of carbonyl (C=O) groups excluding carboxylic acids is 1. The highest BCUT2D eigenvalue weighted by Gasteiger charge is 2.28. The van der Waals surface area contributed by atoms with Crippen LogP contribution in [0.1, 0.15) is 67.9 Å². The lowest BCUT2D eigenvalue weighted by Crippen LogP contribution is -2.14. The molecule has 3 aromatic rings. The first-order valence-corrected chi connectivity index (χ1v) is 11.7. The van der Waals surface area contributed by atoms with Gasteiger partial charge in [-0.3, -0.25) is 9.79 Å². The van der Waals surface area contributed by atoms with Gasteiger partial charge in [-0.05, 0) is 64.8 Å². The summed E-state index contributed by atoms with van der Waals surface area (Å²) in [5.74, 6) is 1.83. The van der Waals surface area contributed by atoms with Gasteiger partial charge in [0.15, 0.2) is 0 Å². The predicted molar refractivity (Wildman–Crippen MR) is 129 cm³/mol. The van der Waals surface area contributed by atoms with E-state index in [4.69, 9.17) is 4.42 Å². The van der Waals surface area contributed by atoms with Crippen LogP contribution in [0.5, 0.6) is 0 Å². The summed E-state index contributed by atoms with van der Waals surface area (Å²) >= 11 is 0.